The first kappa shape index (κ1) is 29.1. The van der Waals surface area contributed by atoms with Crippen LogP contribution in [0.4, 0.5) is 18.0 Å². The molecule has 3 N–H and O–H groups in total. The van der Waals surface area contributed by atoms with Crippen molar-refractivity contribution in [3.63, 3.8) is 0 Å². The van der Waals surface area contributed by atoms with Crippen molar-refractivity contribution in [2.24, 2.45) is 0 Å². The van der Waals surface area contributed by atoms with Gasteiger partial charge in [-0.2, -0.15) is 13.2 Å². The molecule has 0 unspecified atom stereocenters. The molecular formula is C26H33F3N2O8. The molecule has 216 valence electrons. The van der Waals surface area contributed by atoms with Crippen molar-refractivity contribution in [3.05, 3.63) is 46.6 Å². The van der Waals surface area contributed by atoms with Crippen molar-refractivity contribution in [3.8, 4) is 5.88 Å². The number of ether oxygens (including phenoxy) is 4. The summed E-state index contributed by atoms with van der Waals surface area (Å²) < 4.78 is 64.9. The van der Waals surface area contributed by atoms with Gasteiger partial charge in [0.2, 0.25) is 12.2 Å². The van der Waals surface area contributed by atoms with E-state index >= 15 is 0 Å². The van der Waals surface area contributed by atoms with Crippen LogP contribution in [-0.4, -0.2) is 75.7 Å². The Hall–Kier alpha value is -2.87. The summed E-state index contributed by atoms with van der Waals surface area (Å²) in [5, 5.41) is 35.4. The third-order valence-corrected chi connectivity index (χ3v) is 7.15. The maximum atomic E-state index is 14.5. The number of alkyl halides is 3. The number of aromatic nitrogens is 2. The summed E-state index contributed by atoms with van der Waals surface area (Å²) in [6, 6.07) is 6.67. The van der Waals surface area contributed by atoms with E-state index in [1.807, 2.05) is 19.1 Å². The number of carbonyl (C=O) groups is 1. The van der Waals surface area contributed by atoms with E-state index in [4.69, 9.17) is 14.2 Å². The van der Waals surface area contributed by atoms with E-state index in [0.717, 1.165) is 36.6 Å². The zero-order chi connectivity index (χ0) is 28.3. The highest BCUT2D eigenvalue weighted by molar-refractivity contribution is 5.59. The molecule has 1 aliphatic heterocycles. The second-order valence-corrected chi connectivity index (χ2v) is 9.76. The predicted molar refractivity (Wildman–Crippen MR) is 129 cm³/mol. The Morgan fingerprint density at radius 3 is 2.31 bits per heavy atom. The van der Waals surface area contributed by atoms with E-state index in [0.29, 0.717) is 18.4 Å². The molecule has 5 atom stereocenters. The van der Waals surface area contributed by atoms with Gasteiger partial charge in [0.25, 0.3) is 0 Å². The summed E-state index contributed by atoms with van der Waals surface area (Å²) in [4.78, 5) is 11.4. The smallest absolute Gasteiger partial charge is 0.443 e. The SMILES string of the molecule is CCc1ccc(Cc2c(O[C@@H]3O[C@H](COC(=O)OC)[C@@H](O)[C@H](O)[C@H]3O)nn(C3CCCC3)c2C(F)(F)F)cc1. The number of hydrogen-bond acceptors (Lipinski definition) is 9. The van der Waals surface area contributed by atoms with E-state index in [1.54, 1.807) is 12.1 Å². The van der Waals surface area contributed by atoms with Crippen LogP contribution in [0.5, 0.6) is 5.88 Å². The minimum atomic E-state index is -4.76. The number of methoxy groups -OCH3 is 1. The molecule has 1 saturated heterocycles. The Morgan fingerprint density at radius 1 is 1.08 bits per heavy atom. The zero-order valence-corrected chi connectivity index (χ0v) is 21.6. The maximum absolute atomic E-state index is 14.5. The number of benzene rings is 1. The molecule has 2 fully saturated rings. The molecule has 2 aliphatic rings. The molecule has 2 aromatic rings. The molecule has 39 heavy (non-hydrogen) atoms. The van der Waals surface area contributed by atoms with Crippen LogP contribution in [-0.2, 0) is 33.2 Å². The zero-order valence-electron chi connectivity index (χ0n) is 21.6. The number of aliphatic hydroxyl groups excluding tert-OH is 3. The van der Waals surface area contributed by atoms with Crippen molar-refractivity contribution in [1.29, 1.82) is 0 Å². The van der Waals surface area contributed by atoms with Crippen LogP contribution in [0.1, 0.15) is 61.0 Å². The fraction of sp³-hybridized carbons (Fsp3) is 0.615. The van der Waals surface area contributed by atoms with Gasteiger partial charge in [0.05, 0.1) is 18.7 Å². The van der Waals surface area contributed by atoms with Crippen LogP contribution in [0.2, 0.25) is 0 Å². The topological polar surface area (TPSA) is 133 Å². The first-order chi connectivity index (χ1) is 18.5. The van der Waals surface area contributed by atoms with E-state index in [-0.39, 0.29) is 12.0 Å². The summed E-state index contributed by atoms with van der Waals surface area (Å²) in [6.07, 6.45) is -11.0. The Balaban J connectivity index is 1.70. The van der Waals surface area contributed by atoms with Crippen LogP contribution in [0.25, 0.3) is 0 Å². The average molecular weight is 559 g/mol. The maximum Gasteiger partial charge on any atom is 0.508 e. The van der Waals surface area contributed by atoms with Crippen LogP contribution in [0.15, 0.2) is 24.3 Å². The highest BCUT2D eigenvalue weighted by Gasteiger charge is 2.48. The third kappa shape index (κ3) is 6.48. The second kappa shape index (κ2) is 12.1. The van der Waals surface area contributed by atoms with Crippen molar-refractivity contribution in [1.82, 2.24) is 9.78 Å². The van der Waals surface area contributed by atoms with Gasteiger partial charge in [0.15, 0.2) is 0 Å². The highest BCUT2D eigenvalue weighted by atomic mass is 19.4. The molecule has 1 aromatic carbocycles. The number of aliphatic hydroxyl groups is 3. The van der Waals surface area contributed by atoms with Gasteiger partial charge in [-0.15, -0.1) is 5.10 Å². The molecule has 10 nitrogen and oxygen atoms in total. The van der Waals surface area contributed by atoms with Crippen molar-refractivity contribution in [2.45, 2.75) is 88.4 Å². The summed E-state index contributed by atoms with van der Waals surface area (Å²) >= 11 is 0. The van der Waals surface area contributed by atoms with Crippen LogP contribution in [0, 0.1) is 0 Å². The second-order valence-electron chi connectivity index (χ2n) is 9.76. The van der Waals surface area contributed by atoms with Crippen LogP contribution >= 0.6 is 0 Å². The highest BCUT2D eigenvalue weighted by Crippen LogP contribution is 2.42. The molecule has 1 saturated carbocycles. The molecule has 4 rings (SSSR count). The normalized spacial score (nSPS) is 26.0. The Morgan fingerprint density at radius 2 is 1.72 bits per heavy atom. The molecule has 13 heteroatoms. The Kier molecular flexibility index (Phi) is 9.04. The lowest BCUT2D eigenvalue weighted by Crippen LogP contribution is -2.60. The van der Waals surface area contributed by atoms with Crippen molar-refractivity contribution < 1.29 is 52.2 Å². The fourth-order valence-corrected chi connectivity index (χ4v) is 4.98. The number of hydrogen-bond donors (Lipinski definition) is 3. The van der Waals surface area contributed by atoms with Gasteiger partial charge in [-0.3, -0.25) is 4.68 Å². The molecule has 1 aromatic heterocycles. The van der Waals surface area contributed by atoms with Gasteiger partial charge in [0.1, 0.15) is 36.7 Å². The Bertz CT molecular complexity index is 1120. The van der Waals surface area contributed by atoms with Crippen LogP contribution < -0.4 is 4.74 Å². The first-order valence-electron chi connectivity index (χ1n) is 12.9. The minimum Gasteiger partial charge on any atom is -0.443 e. The summed E-state index contributed by atoms with van der Waals surface area (Å²) in [7, 11) is 1.07. The number of rotatable bonds is 8. The number of nitrogens with zero attached hydrogens (tertiary/aromatic N) is 2. The standard InChI is InChI=1S/C26H33F3N2O8/c1-3-14-8-10-15(11-9-14)12-17-22(26(27,28)29)31(16-6-4-5-7-16)30-23(17)39-24-21(34)20(33)19(32)18(38-24)13-37-25(35)36-2/h8-11,16,18-21,24,32-34H,3-7,12-13H2,1-2H3/t18-,19-,20+,21-,24+/m1/s1. The van der Waals surface area contributed by atoms with E-state index in [9.17, 15) is 33.3 Å². The quantitative estimate of drug-likeness (QED) is 0.418. The third-order valence-electron chi connectivity index (χ3n) is 7.15. The number of halogens is 3. The van der Waals surface area contributed by atoms with Gasteiger partial charge in [0, 0.05) is 6.42 Å². The first-order valence-corrected chi connectivity index (χ1v) is 12.9. The lowest BCUT2D eigenvalue weighted by molar-refractivity contribution is -0.278. The van der Waals surface area contributed by atoms with E-state index in [1.165, 1.54) is 0 Å². The summed E-state index contributed by atoms with van der Waals surface area (Å²) in [5.74, 6) is -0.408. The lowest BCUT2D eigenvalue weighted by Gasteiger charge is -2.39. The molecule has 0 radical (unpaired) electrons. The van der Waals surface area contributed by atoms with E-state index in [2.05, 4.69) is 9.84 Å². The number of carbonyl (C=O) groups excluding carboxylic acids is 1. The molecule has 0 bridgehead atoms. The molecule has 0 spiro atoms. The van der Waals surface area contributed by atoms with Gasteiger partial charge >= 0.3 is 12.3 Å². The molecular weight excluding hydrogens is 525 g/mol. The van der Waals surface area contributed by atoms with Crippen molar-refractivity contribution in [2.75, 3.05) is 13.7 Å². The van der Waals surface area contributed by atoms with Gasteiger partial charge in [-0.25, -0.2) is 4.79 Å². The molecule has 2 heterocycles. The minimum absolute atomic E-state index is 0.163. The number of aryl methyl sites for hydroxylation is 1. The fourth-order valence-electron chi connectivity index (χ4n) is 4.98. The monoisotopic (exact) mass is 558 g/mol. The molecule has 0 amide bonds. The molecule has 1 aliphatic carbocycles. The largest absolute Gasteiger partial charge is 0.508 e. The van der Waals surface area contributed by atoms with Crippen LogP contribution in [0.3, 0.4) is 0 Å². The van der Waals surface area contributed by atoms with Gasteiger partial charge in [-0.05, 0) is 30.4 Å². The van der Waals surface area contributed by atoms with E-state index < -0.39 is 67.3 Å². The Labute approximate surface area is 223 Å². The van der Waals surface area contributed by atoms with Gasteiger partial charge in [-0.1, -0.05) is 44.0 Å². The summed E-state index contributed by atoms with van der Waals surface area (Å²) in [6.45, 7) is 1.40. The lowest BCUT2D eigenvalue weighted by atomic mass is 9.99. The van der Waals surface area contributed by atoms with Gasteiger partial charge < -0.3 is 34.3 Å². The average Bonchev–Trinajstić information content (AvgIpc) is 3.57. The van der Waals surface area contributed by atoms with Crippen molar-refractivity contribution >= 4 is 6.16 Å². The predicted octanol–water partition coefficient (Wildman–Crippen LogP) is 3.14. The summed E-state index contributed by atoms with van der Waals surface area (Å²) in [5.41, 5.74) is 0.440.